The van der Waals surface area contributed by atoms with Crippen molar-refractivity contribution in [3.8, 4) is 5.75 Å². The minimum Gasteiger partial charge on any atom is -0.508 e. The highest BCUT2D eigenvalue weighted by Crippen LogP contribution is 2.61. The van der Waals surface area contributed by atoms with E-state index in [9.17, 15) is 10.2 Å². The van der Waals surface area contributed by atoms with Crippen molar-refractivity contribution in [3.63, 3.8) is 0 Å². The van der Waals surface area contributed by atoms with E-state index < -0.39 is 0 Å². The molecule has 2 fully saturated rings. The molecular weight excluding hydrogens is 276 g/mol. The van der Waals surface area contributed by atoms with Crippen molar-refractivity contribution in [2.24, 2.45) is 17.3 Å². The lowest BCUT2D eigenvalue weighted by Gasteiger charge is -2.52. The first-order valence-corrected chi connectivity index (χ1v) is 8.57. The molecule has 120 valence electrons. The average Bonchev–Trinajstić information content (AvgIpc) is 2.81. The summed E-state index contributed by atoms with van der Waals surface area (Å²) in [5, 5.41) is 20.3. The van der Waals surface area contributed by atoms with Gasteiger partial charge in [-0.25, -0.2) is 0 Å². The third-order valence-electron chi connectivity index (χ3n) is 6.96. The molecule has 2 N–H and O–H groups in total. The van der Waals surface area contributed by atoms with E-state index in [0.717, 1.165) is 32.1 Å². The number of ether oxygens (including phenoxy) is 1. The number of methoxy groups -OCH3 is 1. The van der Waals surface area contributed by atoms with E-state index in [4.69, 9.17) is 4.74 Å². The zero-order valence-corrected chi connectivity index (χ0v) is 13.5. The van der Waals surface area contributed by atoms with Gasteiger partial charge in [-0.15, -0.1) is 0 Å². The SMILES string of the molecule is COC1Cc2cc(O)ccc2[C@H]2CC[C@]3(C)[C@H](O)CC[C@H]3[C@H]12. The third-order valence-corrected chi connectivity index (χ3v) is 6.96. The van der Waals surface area contributed by atoms with Gasteiger partial charge in [0.1, 0.15) is 5.75 Å². The van der Waals surface area contributed by atoms with Gasteiger partial charge >= 0.3 is 0 Å². The Labute approximate surface area is 132 Å². The van der Waals surface area contributed by atoms with Crippen molar-refractivity contribution in [1.29, 1.82) is 0 Å². The van der Waals surface area contributed by atoms with Gasteiger partial charge in [-0.1, -0.05) is 13.0 Å². The fourth-order valence-corrected chi connectivity index (χ4v) is 5.77. The number of aliphatic hydroxyl groups excluding tert-OH is 1. The van der Waals surface area contributed by atoms with Gasteiger partial charge in [0.2, 0.25) is 0 Å². The smallest absolute Gasteiger partial charge is 0.115 e. The van der Waals surface area contributed by atoms with Crippen molar-refractivity contribution in [1.82, 2.24) is 0 Å². The van der Waals surface area contributed by atoms with Crippen LogP contribution in [0.3, 0.4) is 0 Å². The van der Waals surface area contributed by atoms with Gasteiger partial charge < -0.3 is 14.9 Å². The summed E-state index contributed by atoms with van der Waals surface area (Å²) in [4.78, 5) is 0. The zero-order chi connectivity index (χ0) is 15.5. The Hall–Kier alpha value is -1.06. The minimum absolute atomic E-state index is 0.0619. The zero-order valence-electron chi connectivity index (χ0n) is 13.5. The van der Waals surface area contributed by atoms with E-state index in [0.29, 0.717) is 23.5 Å². The molecule has 0 saturated heterocycles. The Bertz CT molecular complexity index is 584. The Morgan fingerprint density at radius 1 is 1.23 bits per heavy atom. The maximum Gasteiger partial charge on any atom is 0.115 e. The van der Waals surface area contributed by atoms with Crippen LogP contribution in [0, 0.1) is 17.3 Å². The lowest BCUT2D eigenvalue weighted by atomic mass is 9.54. The third kappa shape index (κ3) is 1.88. The molecule has 0 bridgehead atoms. The molecule has 0 radical (unpaired) electrons. The van der Waals surface area contributed by atoms with Crippen LogP contribution in [0.5, 0.6) is 5.75 Å². The topological polar surface area (TPSA) is 49.7 Å². The fourth-order valence-electron chi connectivity index (χ4n) is 5.77. The Morgan fingerprint density at radius 2 is 2.05 bits per heavy atom. The van der Waals surface area contributed by atoms with Crippen LogP contribution in [-0.2, 0) is 11.2 Å². The van der Waals surface area contributed by atoms with Crippen molar-refractivity contribution in [3.05, 3.63) is 29.3 Å². The van der Waals surface area contributed by atoms with E-state index in [1.807, 2.05) is 19.2 Å². The first kappa shape index (κ1) is 14.5. The van der Waals surface area contributed by atoms with Crippen LogP contribution < -0.4 is 0 Å². The standard InChI is InChI=1S/C19H26O3/c1-19-8-7-14-13-4-3-12(20)9-11(13)10-16(22-2)18(14)15(19)5-6-17(19)21/h3-4,9,14-18,20-21H,5-8,10H2,1-2H3/t14-,15+,16?,17-,18-,19+/m1/s1. The van der Waals surface area contributed by atoms with Gasteiger partial charge in [-0.05, 0) is 78.5 Å². The van der Waals surface area contributed by atoms with Gasteiger partial charge in [-0.3, -0.25) is 0 Å². The van der Waals surface area contributed by atoms with Crippen LogP contribution in [-0.4, -0.2) is 29.5 Å². The Morgan fingerprint density at radius 3 is 2.82 bits per heavy atom. The van der Waals surface area contributed by atoms with E-state index in [2.05, 4.69) is 13.0 Å². The number of phenols is 1. The van der Waals surface area contributed by atoms with Gasteiger partial charge in [0.05, 0.1) is 12.2 Å². The normalized spacial score (nSPS) is 43.3. The Balaban J connectivity index is 1.77. The van der Waals surface area contributed by atoms with Crippen molar-refractivity contribution in [2.75, 3.05) is 7.11 Å². The van der Waals surface area contributed by atoms with Crippen molar-refractivity contribution in [2.45, 2.75) is 57.2 Å². The van der Waals surface area contributed by atoms with E-state index >= 15 is 0 Å². The first-order valence-electron chi connectivity index (χ1n) is 8.57. The highest BCUT2D eigenvalue weighted by Gasteiger charge is 2.56. The van der Waals surface area contributed by atoms with Crippen molar-refractivity contribution >= 4 is 0 Å². The summed E-state index contributed by atoms with van der Waals surface area (Å²) in [6.07, 6.45) is 5.19. The van der Waals surface area contributed by atoms with Crippen LogP contribution in [0.1, 0.15) is 49.7 Å². The maximum atomic E-state index is 10.5. The molecule has 1 aromatic rings. The second kappa shape index (κ2) is 4.97. The average molecular weight is 302 g/mol. The van der Waals surface area contributed by atoms with Gasteiger partial charge in [0.25, 0.3) is 0 Å². The second-order valence-electron chi connectivity index (χ2n) is 7.79. The number of benzene rings is 1. The van der Waals surface area contributed by atoms with Gasteiger partial charge in [-0.2, -0.15) is 0 Å². The second-order valence-corrected chi connectivity index (χ2v) is 7.79. The number of aliphatic hydroxyl groups is 1. The highest BCUT2D eigenvalue weighted by atomic mass is 16.5. The highest BCUT2D eigenvalue weighted by molar-refractivity contribution is 5.41. The molecule has 0 aliphatic heterocycles. The van der Waals surface area contributed by atoms with E-state index in [1.165, 1.54) is 11.1 Å². The molecule has 3 heteroatoms. The number of hydrogen-bond acceptors (Lipinski definition) is 3. The molecular formula is C19H26O3. The molecule has 0 spiro atoms. The first-order chi connectivity index (χ1) is 10.5. The number of hydrogen-bond donors (Lipinski definition) is 2. The molecule has 0 heterocycles. The van der Waals surface area contributed by atoms with Crippen LogP contribution in [0.2, 0.25) is 0 Å². The van der Waals surface area contributed by atoms with Crippen LogP contribution in [0.25, 0.3) is 0 Å². The predicted molar refractivity (Wildman–Crippen MR) is 84.9 cm³/mol. The molecule has 3 aliphatic rings. The lowest BCUT2D eigenvalue weighted by Crippen LogP contribution is -2.49. The largest absolute Gasteiger partial charge is 0.508 e. The van der Waals surface area contributed by atoms with Crippen LogP contribution in [0.4, 0.5) is 0 Å². The van der Waals surface area contributed by atoms with E-state index in [1.54, 1.807) is 0 Å². The minimum atomic E-state index is -0.155. The summed E-state index contributed by atoms with van der Waals surface area (Å²) in [6, 6.07) is 5.84. The van der Waals surface area contributed by atoms with Crippen LogP contribution >= 0.6 is 0 Å². The van der Waals surface area contributed by atoms with Crippen molar-refractivity contribution < 1.29 is 14.9 Å². The molecule has 0 aromatic heterocycles. The molecule has 1 aromatic carbocycles. The van der Waals surface area contributed by atoms with Gasteiger partial charge in [0.15, 0.2) is 0 Å². The molecule has 0 amide bonds. The molecule has 4 rings (SSSR count). The fraction of sp³-hybridized carbons (Fsp3) is 0.684. The number of fused-ring (bicyclic) bond motifs is 5. The molecule has 6 atom stereocenters. The monoisotopic (exact) mass is 302 g/mol. The summed E-state index contributed by atoms with van der Waals surface area (Å²) in [6.45, 7) is 2.28. The maximum absolute atomic E-state index is 10.5. The van der Waals surface area contributed by atoms with Gasteiger partial charge in [0, 0.05) is 7.11 Å². The Kier molecular flexibility index (Phi) is 3.28. The summed E-state index contributed by atoms with van der Waals surface area (Å²) in [5.41, 5.74) is 2.71. The molecule has 1 unspecified atom stereocenters. The summed E-state index contributed by atoms with van der Waals surface area (Å²) in [5.74, 6) is 1.91. The molecule has 2 saturated carbocycles. The molecule has 3 aliphatic carbocycles. The summed E-state index contributed by atoms with van der Waals surface area (Å²) in [7, 11) is 1.81. The lowest BCUT2D eigenvalue weighted by molar-refractivity contribution is -0.0748. The number of phenolic OH excluding ortho intramolecular Hbond substituents is 1. The summed E-state index contributed by atoms with van der Waals surface area (Å²) >= 11 is 0. The molecule has 3 nitrogen and oxygen atoms in total. The quantitative estimate of drug-likeness (QED) is 0.837. The number of aromatic hydroxyl groups is 1. The number of rotatable bonds is 1. The predicted octanol–water partition coefficient (Wildman–Crippen LogP) is 3.23. The van der Waals surface area contributed by atoms with Crippen LogP contribution in [0.15, 0.2) is 18.2 Å². The summed E-state index contributed by atoms with van der Waals surface area (Å²) < 4.78 is 5.88. The molecule has 22 heavy (non-hydrogen) atoms. The van der Waals surface area contributed by atoms with E-state index in [-0.39, 0.29) is 17.6 Å².